The summed E-state index contributed by atoms with van der Waals surface area (Å²) in [4.78, 5) is 36.4. The first-order valence-corrected chi connectivity index (χ1v) is 9.41. The molecule has 2 rings (SSSR count). The third kappa shape index (κ3) is 7.29. The SMILES string of the molecule is CC(C)[C@H](NC(=O)OCc1ccccc1)C(=O)N[C@H](Cc1ccccc1)C(=O)O. The Labute approximate surface area is 170 Å². The Morgan fingerprint density at radius 3 is 1.97 bits per heavy atom. The summed E-state index contributed by atoms with van der Waals surface area (Å²) in [5, 5.41) is 14.5. The van der Waals surface area contributed by atoms with Crippen LogP contribution in [0.15, 0.2) is 60.7 Å². The monoisotopic (exact) mass is 398 g/mol. The van der Waals surface area contributed by atoms with Crippen LogP contribution in [0.1, 0.15) is 25.0 Å². The van der Waals surface area contributed by atoms with E-state index in [1.54, 1.807) is 38.1 Å². The van der Waals surface area contributed by atoms with E-state index in [2.05, 4.69) is 10.6 Å². The molecule has 7 nitrogen and oxygen atoms in total. The zero-order valence-electron chi connectivity index (χ0n) is 16.5. The van der Waals surface area contributed by atoms with Gasteiger partial charge in [-0.05, 0) is 17.0 Å². The first-order chi connectivity index (χ1) is 13.9. The molecule has 2 aromatic carbocycles. The van der Waals surface area contributed by atoms with E-state index in [-0.39, 0.29) is 18.9 Å². The molecule has 0 spiro atoms. The van der Waals surface area contributed by atoms with Crippen LogP contribution in [-0.4, -0.2) is 35.2 Å². The van der Waals surface area contributed by atoms with E-state index in [0.717, 1.165) is 11.1 Å². The van der Waals surface area contributed by atoms with Crippen LogP contribution in [0.25, 0.3) is 0 Å². The van der Waals surface area contributed by atoms with Crippen LogP contribution in [0, 0.1) is 5.92 Å². The zero-order valence-corrected chi connectivity index (χ0v) is 16.5. The van der Waals surface area contributed by atoms with Crippen molar-refractivity contribution in [2.75, 3.05) is 0 Å². The van der Waals surface area contributed by atoms with Gasteiger partial charge in [0.15, 0.2) is 0 Å². The summed E-state index contributed by atoms with van der Waals surface area (Å²) < 4.78 is 5.16. The molecule has 0 aliphatic carbocycles. The number of rotatable bonds is 9. The van der Waals surface area contributed by atoms with Crippen molar-refractivity contribution < 1.29 is 24.2 Å². The van der Waals surface area contributed by atoms with Gasteiger partial charge in [-0.15, -0.1) is 0 Å². The van der Waals surface area contributed by atoms with Crippen LogP contribution in [0.2, 0.25) is 0 Å². The minimum Gasteiger partial charge on any atom is -0.480 e. The van der Waals surface area contributed by atoms with Crippen molar-refractivity contribution >= 4 is 18.0 Å². The number of hydrogen-bond acceptors (Lipinski definition) is 4. The highest BCUT2D eigenvalue weighted by atomic mass is 16.5. The molecule has 0 saturated heterocycles. The Kier molecular flexibility index (Phi) is 8.21. The molecule has 0 unspecified atom stereocenters. The Hall–Kier alpha value is -3.35. The first kappa shape index (κ1) is 21.9. The van der Waals surface area contributed by atoms with Crippen molar-refractivity contribution in [2.24, 2.45) is 5.92 Å². The Bertz CT molecular complexity index is 808. The molecular formula is C22H26N2O5. The van der Waals surface area contributed by atoms with E-state index in [0.29, 0.717) is 0 Å². The summed E-state index contributed by atoms with van der Waals surface area (Å²) >= 11 is 0. The Balaban J connectivity index is 1.96. The van der Waals surface area contributed by atoms with Crippen LogP contribution in [-0.2, 0) is 27.4 Å². The summed E-state index contributed by atoms with van der Waals surface area (Å²) in [6.07, 6.45) is -0.594. The van der Waals surface area contributed by atoms with Gasteiger partial charge in [0.2, 0.25) is 5.91 Å². The number of carbonyl (C=O) groups is 3. The maximum atomic E-state index is 12.7. The predicted octanol–water partition coefficient (Wildman–Crippen LogP) is 2.75. The molecule has 154 valence electrons. The van der Waals surface area contributed by atoms with Crippen molar-refractivity contribution in [3.8, 4) is 0 Å². The minimum atomic E-state index is -1.14. The molecule has 7 heteroatoms. The number of carboxylic acids is 1. The van der Waals surface area contributed by atoms with E-state index in [9.17, 15) is 19.5 Å². The maximum absolute atomic E-state index is 12.7. The Morgan fingerprint density at radius 2 is 1.45 bits per heavy atom. The van der Waals surface area contributed by atoms with Gasteiger partial charge in [0.1, 0.15) is 18.7 Å². The van der Waals surface area contributed by atoms with E-state index >= 15 is 0 Å². The van der Waals surface area contributed by atoms with Crippen molar-refractivity contribution in [3.05, 3.63) is 71.8 Å². The molecule has 0 radical (unpaired) electrons. The van der Waals surface area contributed by atoms with Crippen LogP contribution in [0.3, 0.4) is 0 Å². The molecule has 0 bridgehead atoms. The highest BCUT2D eigenvalue weighted by molar-refractivity contribution is 5.89. The second-order valence-electron chi connectivity index (χ2n) is 7.02. The number of aliphatic carboxylic acids is 1. The van der Waals surface area contributed by atoms with E-state index in [4.69, 9.17) is 4.74 Å². The molecule has 2 amide bonds. The van der Waals surface area contributed by atoms with Crippen molar-refractivity contribution in [1.82, 2.24) is 10.6 Å². The number of ether oxygens (including phenoxy) is 1. The fourth-order valence-electron chi connectivity index (χ4n) is 2.74. The summed E-state index contributed by atoms with van der Waals surface area (Å²) in [5.41, 5.74) is 1.61. The lowest BCUT2D eigenvalue weighted by Gasteiger charge is -2.24. The number of benzene rings is 2. The second kappa shape index (κ2) is 10.8. The summed E-state index contributed by atoms with van der Waals surface area (Å²) in [6.45, 7) is 3.59. The van der Waals surface area contributed by atoms with E-state index in [1.807, 2.05) is 36.4 Å². The van der Waals surface area contributed by atoms with Gasteiger partial charge in [-0.1, -0.05) is 74.5 Å². The second-order valence-corrected chi connectivity index (χ2v) is 7.02. The summed E-state index contributed by atoms with van der Waals surface area (Å²) in [5.74, 6) is -1.97. The molecule has 0 aliphatic heterocycles. The van der Waals surface area contributed by atoms with Crippen LogP contribution in [0.5, 0.6) is 0 Å². The predicted molar refractivity (Wildman–Crippen MR) is 108 cm³/mol. The third-order valence-electron chi connectivity index (χ3n) is 4.33. The van der Waals surface area contributed by atoms with Gasteiger partial charge >= 0.3 is 12.1 Å². The van der Waals surface area contributed by atoms with Crippen molar-refractivity contribution in [3.63, 3.8) is 0 Å². The standard InChI is InChI=1S/C22H26N2O5/c1-15(2)19(24-22(28)29-14-17-11-7-4-8-12-17)20(25)23-18(21(26)27)13-16-9-5-3-6-10-16/h3-12,15,18-19H,13-14H2,1-2H3,(H,23,25)(H,24,28)(H,26,27)/t18-,19+/m1/s1. The van der Waals surface area contributed by atoms with Gasteiger partial charge in [-0.2, -0.15) is 0 Å². The number of amides is 2. The molecule has 0 saturated carbocycles. The minimum absolute atomic E-state index is 0.0743. The average molecular weight is 398 g/mol. The Morgan fingerprint density at radius 1 is 0.897 bits per heavy atom. The largest absolute Gasteiger partial charge is 0.480 e. The number of hydrogen-bond donors (Lipinski definition) is 3. The number of nitrogens with one attached hydrogen (secondary N) is 2. The normalized spacial score (nSPS) is 12.7. The zero-order chi connectivity index (χ0) is 21.2. The molecule has 29 heavy (non-hydrogen) atoms. The highest BCUT2D eigenvalue weighted by Crippen LogP contribution is 2.08. The lowest BCUT2D eigenvalue weighted by molar-refractivity contribution is -0.142. The molecule has 3 N–H and O–H groups in total. The average Bonchev–Trinajstić information content (AvgIpc) is 2.71. The van der Waals surface area contributed by atoms with Crippen LogP contribution >= 0.6 is 0 Å². The molecule has 0 fully saturated rings. The molecule has 0 aliphatic rings. The quantitative estimate of drug-likeness (QED) is 0.602. The first-order valence-electron chi connectivity index (χ1n) is 9.41. The van der Waals surface area contributed by atoms with Gasteiger partial charge in [-0.25, -0.2) is 9.59 Å². The molecule has 0 heterocycles. The summed E-state index contributed by atoms with van der Waals surface area (Å²) in [6, 6.07) is 16.2. The van der Waals surface area contributed by atoms with Crippen molar-refractivity contribution in [2.45, 2.75) is 39.0 Å². The van der Waals surface area contributed by atoms with Gasteiger partial charge in [-0.3, -0.25) is 4.79 Å². The maximum Gasteiger partial charge on any atom is 0.408 e. The number of carbonyl (C=O) groups excluding carboxylic acids is 2. The van der Waals surface area contributed by atoms with Gasteiger partial charge < -0.3 is 20.5 Å². The lowest BCUT2D eigenvalue weighted by atomic mass is 10.0. The fraction of sp³-hybridized carbons (Fsp3) is 0.318. The van der Waals surface area contributed by atoms with Gasteiger partial charge in [0.05, 0.1) is 0 Å². The highest BCUT2D eigenvalue weighted by Gasteiger charge is 2.29. The van der Waals surface area contributed by atoms with E-state index in [1.165, 1.54) is 0 Å². The smallest absolute Gasteiger partial charge is 0.408 e. The molecule has 2 atom stereocenters. The summed E-state index contributed by atoms with van der Waals surface area (Å²) in [7, 11) is 0. The van der Waals surface area contributed by atoms with Crippen molar-refractivity contribution in [1.29, 1.82) is 0 Å². The molecular weight excluding hydrogens is 372 g/mol. The van der Waals surface area contributed by atoms with Crippen LogP contribution in [0.4, 0.5) is 4.79 Å². The van der Waals surface area contributed by atoms with Gasteiger partial charge in [0, 0.05) is 6.42 Å². The topological polar surface area (TPSA) is 105 Å². The third-order valence-corrected chi connectivity index (χ3v) is 4.33. The van der Waals surface area contributed by atoms with Gasteiger partial charge in [0.25, 0.3) is 0 Å². The van der Waals surface area contributed by atoms with Crippen LogP contribution < -0.4 is 10.6 Å². The van der Waals surface area contributed by atoms with E-state index < -0.39 is 30.1 Å². The molecule has 2 aromatic rings. The lowest BCUT2D eigenvalue weighted by Crippen LogP contribution is -2.54. The number of carboxylic acid groups (broad SMARTS) is 1. The number of alkyl carbamates (subject to hydrolysis) is 1. The molecule has 0 aromatic heterocycles. The fourth-order valence-corrected chi connectivity index (χ4v) is 2.74.